The summed E-state index contributed by atoms with van der Waals surface area (Å²) in [7, 11) is 0. The highest BCUT2D eigenvalue weighted by molar-refractivity contribution is 5.69. The van der Waals surface area contributed by atoms with Gasteiger partial charge in [-0.2, -0.15) is 0 Å². The third kappa shape index (κ3) is 2.44. The second-order valence-electron chi connectivity index (χ2n) is 4.34. The van der Waals surface area contributed by atoms with Crippen molar-refractivity contribution < 1.29 is 9.90 Å². The molecule has 0 aromatic heterocycles. The van der Waals surface area contributed by atoms with Crippen LogP contribution in [0.5, 0.6) is 0 Å². The molecule has 2 rings (SSSR count). The van der Waals surface area contributed by atoms with Gasteiger partial charge >= 0.3 is 5.97 Å². The van der Waals surface area contributed by atoms with E-state index in [0.717, 1.165) is 24.9 Å². The summed E-state index contributed by atoms with van der Waals surface area (Å²) in [5, 5.41) is 8.61. The summed E-state index contributed by atoms with van der Waals surface area (Å²) in [6.45, 7) is 2.22. The van der Waals surface area contributed by atoms with E-state index in [4.69, 9.17) is 5.11 Å². The number of likely N-dealkylation sites (tertiary alicyclic amines) is 1. The maximum Gasteiger partial charge on any atom is 0.317 e. The van der Waals surface area contributed by atoms with Crippen molar-refractivity contribution in [3.8, 4) is 0 Å². The Morgan fingerprint density at radius 2 is 1.69 bits per heavy atom. The molecule has 1 saturated heterocycles. The predicted molar refractivity (Wildman–Crippen MR) is 49.5 cm³/mol. The average Bonchev–Trinajstić information content (AvgIpc) is 2.87. The standard InChI is InChI=1S/C10H17NO2/c12-10(13)7-11-5-3-9(4-6-11)8-1-2-8/h8-9H,1-7H2,(H,12,13). The molecular weight excluding hydrogens is 166 g/mol. The Morgan fingerprint density at radius 1 is 1.15 bits per heavy atom. The summed E-state index contributed by atoms with van der Waals surface area (Å²) in [6, 6.07) is 0. The van der Waals surface area contributed by atoms with Crippen molar-refractivity contribution in [1.29, 1.82) is 0 Å². The Bertz CT molecular complexity index is 193. The largest absolute Gasteiger partial charge is 0.480 e. The van der Waals surface area contributed by atoms with Crippen LogP contribution in [0.25, 0.3) is 0 Å². The zero-order valence-electron chi connectivity index (χ0n) is 7.91. The number of carboxylic acids is 1. The molecule has 1 saturated carbocycles. The second kappa shape index (κ2) is 3.66. The molecule has 0 amide bonds. The molecule has 0 radical (unpaired) electrons. The smallest absolute Gasteiger partial charge is 0.317 e. The van der Waals surface area contributed by atoms with Crippen molar-refractivity contribution in [2.75, 3.05) is 19.6 Å². The van der Waals surface area contributed by atoms with Crippen LogP contribution in [0.3, 0.4) is 0 Å². The van der Waals surface area contributed by atoms with Crippen LogP contribution in [0, 0.1) is 11.8 Å². The predicted octanol–water partition coefficient (Wildman–Crippen LogP) is 1.19. The summed E-state index contributed by atoms with van der Waals surface area (Å²) < 4.78 is 0. The Labute approximate surface area is 78.7 Å². The first kappa shape index (κ1) is 9.00. The molecule has 0 unspecified atom stereocenters. The van der Waals surface area contributed by atoms with Gasteiger partial charge in [-0.15, -0.1) is 0 Å². The molecule has 2 fully saturated rings. The molecule has 1 aliphatic heterocycles. The van der Waals surface area contributed by atoms with Crippen LogP contribution >= 0.6 is 0 Å². The summed E-state index contributed by atoms with van der Waals surface area (Å²) >= 11 is 0. The first-order valence-electron chi connectivity index (χ1n) is 5.20. The van der Waals surface area contributed by atoms with Gasteiger partial charge in [0.25, 0.3) is 0 Å². The van der Waals surface area contributed by atoms with Gasteiger partial charge in [-0.1, -0.05) is 0 Å². The lowest BCUT2D eigenvalue weighted by Crippen LogP contribution is -2.37. The third-order valence-corrected chi connectivity index (χ3v) is 3.28. The van der Waals surface area contributed by atoms with Gasteiger partial charge in [-0.25, -0.2) is 0 Å². The lowest BCUT2D eigenvalue weighted by atomic mass is 9.92. The minimum Gasteiger partial charge on any atom is -0.480 e. The molecule has 0 aromatic carbocycles. The SMILES string of the molecule is O=C(O)CN1CCC(C2CC2)CC1. The van der Waals surface area contributed by atoms with E-state index >= 15 is 0 Å². The molecule has 1 heterocycles. The molecule has 74 valence electrons. The van der Waals surface area contributed by atoms with Gasteiger partial charge in [-0.05, 0) is 50.6 Å². The number of nitrogens with zero attached hydrogens (tertiary/aromatic N) is 1. The van der Waals surface area contributed by atoms with Crippen LogP contribution in [0.4, 0.5) is 0 Å². The third-order valence-electron chi connectivity index (χ3n) is 3.28. The Morgan fingerprint density at radius 3 is 2.15 bits per heavy atom. The van der Waals surface area contributed by atoms with E-state index < -0.39 is 5.97 Å². The summed E-state index contributed by atoms with van der Waals surface area (Å²) in [4.78, 5) is 12.5. The van der Waals surface area contributed by atoms with Crippen LogP contribution in [0.1, 0.15) is 25.7 Å². The van der Waals surface area contributed by atoms with Crippen LogP contribution in [0.2, 0.25) is 0 Å². The van der Waals surface area contributed by atoms with Crippen molar-refractivity contribution >= 4 is 5.97 Å². The zero-order valence-corrected chi connectivity index (χ0v) is 7.91. The molecule has 3 heteroatoms. The molecule has 0 spiro atoms. The quantitative estimate of drug-likeness (QED) is 0.714. The van der Waals surface area contributed by atoms with E-state index in [1.165, 1.54) is 25.7 Å². The zero-order chi connectivity index (χ0) is 9.26. The molecule has 1 N–H and O–H groups in total. The van der Waals surface area contributed by atoms with Crippen molar-refractivity contribution in [2.24, 2.45) is 11.8 Å². The fourth-order valence-corrected chi connectivity index (χ4v) is 2.34. The van der Waals surface area contributed by atoms with E-state index in [1.54, 1.807) is 0 Å². The van der Waals surface area contributed by atoms with E-state index in [2.05, 4.69) is 4.90 Å². The fourth-order valence-electron chi connectivity index (χ4n) is 2.34. The molecule has 0 bridgehead atoms. The highest BCUT2D eigenvalue weighted by atomic mass is 16.4. The minimum atomic E-state index is -0.690. The number of hydrogen-bond acceptors (Lipinski definition) is 2. The number of aliphatic carboxylic acids is 1. The Kier molecular flexibility index (Phi) is 2.54. The van der Waals surface area contributed by atoms with Crippen molar-refractivity contribution in [2.45, 2.75) is 25.7 Å². The van der Waals surface area contributed by atoms with Crippen LogP contribution in [-0.4, -0.2) is 35.6 Å². The van der Waals surface area contributed by atoms with Crippen molar-refractivity contribution in [3.05, 3.63) is 0 Å². The van der Waals surface area contributed by atoms with Crippen LogP contribution in [0.15, 0.2) is 0 Å². The summed E-state index contributed by atoms with van der Waals surface area (Å²) in [5.41, 5.74) is 0. The maximum atomic E-state index is 10.5. The number of carboxylic acid groups (broad SMARTS) is 1. The number of carbonyl (C=O) groups is 1. The number of piperidine rings is 1. The molecule has 2 aliphatic rings. The van der Waals surface area contributed by atoms with E-state index in [9.17, 15) is 4.79 Å². The number of rotatable bonds is 3. The van der Waals surface area contributed by atoms with E-state index in [-0.39, 0.29) is 6.54 Å². The first-order valence-corrected chi connectivity index (χ1v) is 5.20. The van der Waals surface area contributed by atoms with Crippen LogP contribution in [-0.2, 0) is 4.79 Å². The van der Waals surface area contributed by atoms with Gasteiger partial charge in [-0.3, -0.25) is 9.69 Å². The first-order chi connectivity index (χ1) is 6.25. The maximum absolute atomic E-state index is 10.5. The lowest BCUT2D eigenvalue weighted by Gasteiger charge is -2.30. The Balaban J connectivity index is 1.72. The fraction of sp³-hybridized carbons (Fsp3) is 0.900. The highest BCUT2D eigenvalue weighted by Gasteiger charge is 2.33. The van der Waals surface area contributed by atoms with Crippen LogP contribution < -0.4 is 0 Å². The molecule has 0 aromatic rings. The number of hydrogen-bond donors (Lipinski definition) is 1. The molecule has 0 atom stereocenters. The lowest BCUT2D eigenvalue weighted by molar-refractivity contribution is -0.138. The molecule has 1 aliphatic carbocycles. The van der Waals surface area contributed by atoms with Gasteiger partial charge in [0, 0.05) is 0 Å². The van der Waals surface area contributed by atoms with Gasteiger partial charge in [0.15, 0.2) is 0 Å². The second-order valence-corrected chi connectivity index (χ2v) is 4.34. The monoisotopic (exact) mass is 183 g/mol. The molecule has 13 heavy (non-hydrogen) atoms. The van der Waals surface area contributed by atoms with Gasteiger partial charge in [0.05, 0.1) is 6.54 Å². The summed E-state index contributed by atoms with van der Waals surface area (Å²) in [5.74, 6) is 1.21. The summed E-state index contributed by atoms with van der Waals surface area (Å²) in [6.07, 6.45) is 5.28. The Hall–Kier alpha value is -0.570. The van der Waals surface area contributed by atoms with Gasteiger partial charge < -0.3 is 5.11 Å². The minimum absolute atomic E-state index is 0.234. The highest BCUT2D eigenvalue weighted by Crippen LogP contribution is 2.41. The van der Waals surface area contributed by atoms with E-state index in [1.807, 2.05) is 0 Å². The normalized spacial score (nSPS) is 26.2. The molecular formula is C10H17NO2. The molecule has 3 nitrogen and oxygen atoms in total. The van der Waals surface area contributed by atoms with Crippen molar-refractivity contribution in [3.63, 3.8) is 0 Å². The van der Waals surface area contributed by atoms with E-state index in [0.29, 0.717) is 0 Å². The average molecular weight is 183 g/mol. The van der Waals surface area contributed by atoms with Gasteiger partial charge in [0.2, 0.25) is 0 Å². The topological polar surface area (TPSA) is 40.5 Å². The van der Waals surface area contributed by atoms with Gasteiger partial charge in [0.1, 0.15) is 0 Å². The van der Waals surface area contributed by atoms with Crippen molar-refractivity contribution in [1.82, 2.24) is 4.90 Å².